The fraction of sp³-hybridized carbons (Fsp3) is 0. The summed E-state index contributed by atoms with van der Waals surface area (Å²) in [5.41, 5.74) is 6.87. The van der Waals surface area contributed by atoms with Crippen molar-refractivity contribution < 1.29 is 0 Å². The van der Waals surface area contributed by atoms with E-state index in [-0.39, 0.29) is 0 Å². The van der Waals surface area contributed by atoms with Crippen molar-refractivity contribution in [1.29, 1.82) is 0 Å². The summed E-state index contributed by atoms with van der Waals surface area (Å²) in [6, 6.07) is 0. The molecule has 54 valence electrons. The van der Waals surface area contributed by atoms with Gasteiger partial charge in [-0.15, -0.1) is 0 Å². The number of nitrogens with zero attached hydrogens (tertiary/aromatic N) is 3. The Kier molecular flexibility index (Phi) is 1.32. The summed E-state index contributed by atoms with van der Waals surface area (Å²) in [6.45, 7) is 0. The van der Waals surface area contributed by atoms with Crippen LogP contribution in [0, 0.1) is 0 Å². The van der Waals surface area contributed by atoms with Crippen molar-refractivity contribution in [3.05, 3.63) is 6.33 Å². The molecule has 0 atom stereocenters. The predicted molar refractivity (Wildman–Crippen MR) is 41.5 cm³/mol. The molecule has 0 spiro atoms. The summed E-state index contributed by atoms with van der Waals surface area (Å²) < 4.78 is 0.578. The molecule has 2 aromatic rings. The van der Waals surface area contributed by atoms with Gasteiger partial charge in [-0.3, -0.25) is 0 Å². The van der Waals surface area contributed by atoms with Gasteiger partial charge in [0.2, 0.25) is 0 Å². The van der Waals surface area contributed by atoms with Gasteiger partial charge in [0.1, 0.15) is 0 Å². The molecule has 0 aromatic carbocycles. The number of nitrogen functional groups attached to an aromatic ring is 1. The quantitative estimate of drug-likeness (QED) is 0.530. The molecule has 0 unspecified atom stereocenters. The van der Waals surface area contributed by atoms with Crippen LogP contribution in [0.1, 0.15) is 0 Å². The monoisotopic (exact) mass is 209 g/mol. The third kappa shape index (κ3) is 0.973. The van der Waals surface area contributed by atoms with Gasteiger partial charge in [-0.1, -0.05) is 0 Å². The molecular weight excluding hydrogens is 205 g/mol. The number of anilines is 1. The summed E-state index contributed by atoms with van der Waals surface area (Å²) in [7, 11) is 0. The number of H-pyrrole nitrogens is 1. The zero-order valence-corrected chi connectivity index (χ0v) is 7.32. The van der Waals surface area contributed by atoms with Crippen molar-refractivity contribution in [3.8, 4) is 0 Å². The van der Waals surface area contributed by atoms with Crippen molar-refractivity contribution in [2.75, 3.05) is 5.73 Å². The van der Waals surface area contributed by atoms with Crippen molar-refractivity contribution in [2.45, 2.75) is 0 Å². The molecule has 0 saturated heterocycles. The summed E-state index contributed by atoms with van der Waals surface area (Å²) >= 11 is 2.23. The van der Waals surface area contributed by atoms with Crippen LogP contribution in [0.4, 0.5) is 5.82 Å². The predicted octanol–water partition coefficient (Wildman–Crippen LogP) is -1.27. The molecule has 0 aliphatic carbocycles. The average Bonchev–Trinajstić information content (AvgIpc) is 2.34. The number of nitrogens with two attached hydrogens (primary N) is 1. The number of rotatable bonds is 0. The molecule has 0 aliphatic heterocycles. The molecule has 3 N–H and O–H groups in total. The van der Waals surface area contributed by atoms with Crippen molar-refractivity contribution in [1.82, 2.24) is 19.9 Å². The number of hydrogen-bond donors (Lipinski definition) is 2. The van der Waals surface area contributed by atoms with Crippen LogP contribution in [0.2, 0.25) is 0 Å². The van der Waals surface area contributed by atoms with Crippen molar-refractivity contribution in [2.24, 2.45) is 0 Å². The Morgan fingerprint density at radius 2 is 2.27 bits per heavy atom. The van der Waals surface area contributed by atoms with Crippen LogP contribution >= 0.6 is 0 Å². The van der Waals surface area contributed by atoms with Gasteiger partial charge in [0.25, 0.3) is 0 Å². The SMILES string of the molecule is Nc1nc([As])nc2nc[nH]c12. The topological polar surface area (TPSA) is 80.5 Å². The fourth-order valence-electron chi connectivity index (χ4n) is 0.844. The summed E-state index contributed by atoms with van der Waals surface area (Å²) in [5.74, 6) is 0.433. The molecule has 6 heteroatoms. The van der Waals surface area contributed by atoms with E-state index >= 15 is 0 Å². The maximum atomic E-state index is 5.57. The third-order valence-electron chi connectivity index (χ3n) is 1.30. The molecule has 11 heavy (non-hydrogen) atoms. The molecule has 0 aliphatic rings. The molecule has 0 bridgehead atoms. The van der Waals surface area contributed by atoms with Crippen LogP contribution in [0.25, 0.3) is 11.2 Å². The molecular formula is C5H4AsN5. The minimum absolute atomic E-state index is 0.433. The van der Waals surface area contributed by atoms with E-state index < -0.39 is 0 Å². The number of hydrogen-bond acceptors (Lipinski definition) is 4. The van der Waals surface area contributed by atoms with E-state index in [0.717, 1.165) is 0 Å². The average molecular weight is 209 g/mol. The Morgan fingerprint density at radius 1 is 1.45 bits per heavy atom. The third-order valence-corrected chi connectivity index (χ3v) is 1.72. The van der Waals surface area contributed by atoms with Gasteiger partial charge in [-0.25, -0.2) is 0 Å². The number of aromatic amines is 1. The van der Waals surface area contributed by atoms with E-state index in [9.17, 15) is 0 Å². The second kappa shape index (κ2) is 2.20. The van der Waals surface area contributed by atoms with Crippen molar-refractivity contribution >= 4 is 38.4 Å². The van der Waals surface area contributed by atoms with Crippen LogP contribution in [-0.4, -0.2) is 36.8 Å². The van der Waals surface area contributed by atoms with E-state index in [0.29, 0.717) is 21.6 Å². The van der Waals surface area contributed by atoms with Gasteiger partial charge >= 0.3 is 70.4 Å². The Hall–Kier alpha value is -1.09. The molecule has 5 nitrogen and oxygen atoms in total. The van der Waals surface area contributed by atoms with E-state index in [1.165, 1.54) is 0 Å². The Bertz CT molecular complexity index is 395. The van der Waals surface area contributed by atoms with Crippen molar-refractivity contribution in [3.63, 3.8) is 0 Å². The molecule has 2 radical (unpaired) electrons. The molecule has 0 amide bonds. The van der Waals surface area contributed by atoms with Gasteiger partial charge in [-0.2, -0.15) is 0 Å². The fourth-order valence-corrected chi connectivity index (χ4v) is 1.27. The van der Waals surface area contributed by atoms with E-state index in [2.05, 4.69) is 36.8 Å². The molecule has 2 heterocycles. The van der Waals surface area contributed by atoms with Gasteiger partial charge in [0.05, 0.1) is 0 Å². The number of imidazole rings is 1. The summed E-state index contributed by atoms with van der Waals surface area (Å²) in [5, 5.41) is 0. The summed E-state index contributed by atoms with van der Waals surface area (Å²) in [6.07, 6.45) is 1.54. The van der Waals surface area contributed by atoms with Crippen LogP contribution in [0.5, 0.6) is 0 Å². The number of nitrogens with one attached hydrogen (secondary N) is 1. The first-order valence-electron chi connectivity index (χ1n) is 2.93. The summed E-state index contributed by atoms with van der Waals surface area (Å²) in [4.78, 5) is 14.8. The zero-order valence-electron chi connectivity index (χ0n) is 5.44. The van der Waals surface area contributed by atoms with Gasteiger partial charge in [0.15, 0.2) is 0 Å². The van der Waals surface area contributed by atoms with Crippen LogP contribution < -0.4 is 10.3 Å². The van der Waals surface area contributed by atoms with Gasteiger partial charge in [-0.05, 0) is 0 Å². The Labute approximate surface area is 70.9 Å². The standard InChI is InChI=1S/C5H4AsN5/c6-5-10-3(7)2-4(11-5)9-1-8-2/h1H,(H3,7,8,9,10,11). The normalized spacial score (nSPS) is 10.6. The zero-order chi connectivity index (χ0) is 7.84. The Balaban J connectivity index is 2.91. The van der Waals surface area contributed by atoms with Gasteiger partial charge in [0, 0.05) is 0 Å². The molecule has 2 rings (SSSR count). The second-order valence-electron chi connectivity index (χ2n) is 2.01. The van der Waals surface area contributed by atoms with E-state index in [4.69, 9.17) is 5.73 Å². The number of fused-ring (bicyclic) bond motifs is 1. The molecule has 0 fully saturated rings. The van der Waals surface area contributed by atoms with E-state index in [1.807, 2.05) is 0 Å². The first kappa shape index (κ1) is 6.61. The second-order valence-corrected chi connectivity index (χ2v) is 2.85. The van der Waals surface area contributed by atoms with Crippen LogP contribution in [-0.2, 0) is 0 Å². The molecule has 2 aromatic heterocycles. The molecule has 0 saturated carbocycles. The Morgan fingerprint density at radius 3 is 3.09 bits per heavy atom. The van der Waals surface area contributed by atoms with Crippen LogP contribution in [0.15, 0.2) is 6.33 Å². The van der Waals surface area contributed by atoms with E-state index in [1.54, 1.807) is 6.33 Å². The first-order valence-corrected chi connectivity index (χ1v) is 3.87. The minimum atomic E-state index is 0.433. The van der Waals surface area contributed by atoms with Crippen LogP contribution in [0.3, 0.4) is 0 Å². The van der Waals surface area contributed by atoms with Gasteiger partial charge < -0.3 is 0 Å². The first-order chi connectivity index (χ1) is 5.27. The maximum absolute atomic E-state index is 5.57. The number of aromatic nitrogens is 4.